The summed E-state index contributed by atoms with van der Waals surface area (Å²) in [5.41, 5.74) is -3.09. The molecule has 1 heterocycles. The number of halogens is 4. The summed E-state index contributed by atoms with van der Waals surface area (Å²) < 4.78 is 47.6. The van der Waals surface area contributed by atoms with Crippen LogP contribution in [0.4, 0.5) is 13.2 Å². The molecule has 0 radical (unpaired) electrons. The van der Waals surface area contributed by atoms with Crippen molar-refractivity contribution in [2.75, 3.05) is 0 Å². The highest BCUT2D eigenvalue weighted by molar-refractivity contribution is 6.30. The largest absolute Gasteiger partial charge is 0.457 e. The molecule has 0 saturated heterocycles. The van der Waals surface area contributed by atoms with Gasteiger partial charge in [-0.25, -0.2) is 4.68 Å². The van der Waals surface area contributed by atoms with Gasteiger partial charge >= 0.3 is 6.18 Å². The average molecular weight is 398 g/mol. The molecule has 1 aromatic heterocycles. The van der Waals surface area contributed by atoms with Crippen molar-refractivity contribution >= 4 is 11.6 Å². The van der Waals surface area contributed by atoms with Crippen molar-refractivity contribution in [2.24, 2.45) is 0 Å². The number of benzene rings is 2. The van der Waals surface area contributed by atoms with Crippen LogP contribution in [0.25, 0.3) is 0 Å². The molecule has 0 bridgehead atoms. The van der Waals surface area contributed by atoms with Crippen LogP contribution in [0.2, 0.25) is 5.02 Å². The lowest BCUT2D eigenvalue weighted by Crippen LogP contribution is -2.31. The van der Waals surface area contributed by atoms with E-state index in [1.807, 2.05) is 0 Å². The molecule has 0 aliphatic heterocycles. The number of aromatic nitrogens is 3. The molecular weight excluding hydrogens is 383 g/mol. The SMILES string of the molecule is C[C@](O)(Cn1ccnn1)c1ccc(Oc2ccc(Cl)cc2)cc1C(F)(F)F. The van der Waals surface area contributed by atoms with E-state index in [-0.39, 0.29) is 17.9 Å². The van der Waals surface area contributed by atoms with Crippen LogP contribution >= 0.6 is 11.6 Å². The van der Waals surface area contributed by atoms with E-state index in [1.165, 1.54) is 36.1 Å². The minimum absolute atomic E-state index is 0.00930. The summed E-state index contributed by atoms with van der Waals surface area (Å²) in [5, 5.41) is 18.4. The summed E-state index contributed by atoms with van der Waals surface area (Å²) >= 11 is 5.79. The Hall–Kier alpha value is -2.58. The molecule has 1 atom stereocenters. The maximum absolute atomic E-state index is 13.6. The van der Waals surface area contributed by atoms with E-state index in [0.29, 0.717) is 10.8 Å². The summed E-state index contributed by atoms with van der Waals surface area (Å²) in [6.07, 6.45) is -1.84. The van der Waals surface area contributed by atoms with E-state index in [2.05, 4.69) is 10.3 Å². The smallest absolute Gasteiger partial charge is 0.416 e. The molecule has 0 saturated carbocycles. The van der Waals surface area contributed by atoms with Gasteiger partial charge in [0.1, 0.15) is 17.1 Å². The van der Waals surface area contributed by atoms with Crippen LogP contribution in [0.5, 0.6) is 11.5 Å². The van der Waals surface area contributed by atoms with Gasteiger partial charge in [-0.15, -0.1) is 5.10 Å². The highest BCUT2D eigenvalue weighted by atomic mass is 35.5. The van der Waals surface area contributed by atoms with Crippen molar-refractivity contribution in [3.8, 4) is 11.5 Å². The Morgan fingerprint density at radius 3 is 2.33 bits per heavy atom. The number of nitrogens with zero attached hydrogens (tertiary/aromatic N) is 3. The maximum Gasteiger partial charge on any atom is 0.416 e. The quantitative estimate of drug-likeness (QED) is 0.680. The second kappa shape index (κ2) is 7.21. The molecule has 1 N–H and O–H groups in total. The van der Waals surface area contributed by atoms with E-state index in [4.69, 9.17) is 16.3 Å². The summed E-state index contributed by atoms with van der Waals surface area (Å²) in [6, 6.07) is 9.66. The second-order valence-electron chi connectivity index (χ2n) is 6.14. The molecule has 142 valence electrons. The van der Waals surface area contributed by atoms with Crippen LogP contribution < -0.4 is 4.74 Å². The molecule has 0 aliphatic carbocycles. The molecule has 9 heteroatoms. The van der Waals surface area contributed by atoms with Crippen molar-refractivity contribution in [3.63, 3.8) is 0 Å². The fraction of sp³-hybridized carbons (Fsp3) is 0.222. The van der Waals surface area contributed by atoms with Gasteiger partial charge in [0, 0.05) is 11.2 Å². The molecule has 0 amide bonds. The zero-order valence-electron chi connectivity index (χ0n) is 14.1. The van der Waals surface area contributed by atoms with Crippen molar-refractivity contribution in [1.29, 1.82) is 0 Å². The third-order valence-corrected chi connectivity index (χ3v) is 4.12. The Bertz CT molecular complexity index is 911. The molecule has 3 rings (SSSR count). The van der Waals surface area contributed by atoms with E-state index >= 15 is 0 Å². The van der Waals surface area contributed by atoms with E-state index < -0.39 is 17.3 Å². The zero-order valence-corrected chi connectivity index (χ0v) is 14.9. The lowest BCUT2D eigenvalue weighted by Gasteiger charge is -2.27. The fourth-order valence-electron chi connectivity index (χ4n) is 2.65. The Morgan fingerprint density at radius 2 is 1.74 bits per heavy atom. The summed E-state index contributed by atoms with van der Waals surface area (Å²) in [7, 11) is 0. The van der Waals surface area contributed by atoms with Crippen LogP contribution in [0.15, 0.2) is 54.9 Å². The topological polar surface area (TPSA) is 60.2 Å². The maximum atomic E-state index is 13.6. The average Bonchev–Trinajstić information content (AvgIpc) is 3.08. The standard InChI is InChI=1S/C18H15ClF3N3O2/c1-17(26,11-25-9-8-23-24-25)15-7-6-14(10-16(15)18(20,21)22)27-13-4-2-12(19)3-5-13/h2-10,26H,11H2,1H3/t17-/m0/s1. The van der Waals surface area contributed by atoms with Gasteiger partial charge in [-0.2, -0.15) is 13.2 Å². The van der Waals surface area contributed by atoms with Gasteiger partial charge in [0.15, 0.2) is 0 Å². The van der Waals surface area contributed by atoms with E-state index in [0.717, 1.165) is 6.07 Å². The van der Waals surface area contributed by atoms with Gasteiger partial charge in [-0.3, -0.25) is 0 Å². The van der Waals surface area contributed by atoms with Crippen molar-refractivity contribution in [2.45, 2.75) is 25.2 Å². The number of rotatable bonds is 5. The van der Waals surface area contributed by atoms with Gasteiger partial charge in [-0.05, 0) is 48.9 Å². The molecule has 5 nitrogen and oxygen atoms in total. The lowest BCUT2D eigenvalue weighted by molar-refractivity contribution is -0.140. The first-order valence-electron chi connectivity index (χ1n) is 7.87. The molecule has 0 aliphatic rings. The summed E-state index contributed by atoms with van der Waals surface area (Å²) in [4.78, 5) is 0. The third-order valence-electron chi connectivity index (χ3n) is 3.87. The van der Waals surface area contributed by atoms with Crippen molar-refractivity contribution in [3.05, 3.63) is 71.0 Å². The van der Waals surface area contributed by atoms with Crippen LogP contribution in [-0.4, -0.2) is 20.1 Å². The minimum atomic E-state index is -4.68. The number of alkyl halides is 3. The number of aliphatic hydroxyl groups is 1. The fourth-order valence-corrected chi connectivity index (χ4v) is 2.77. The van der Waals surface area contributed by atoms with Gasteiger partial charge in [0.25, 0.3) is 0 Å². The molecule has 0 spiro atoms. The zero-order chi connectivity index (χ0) is 19.7. The lowest BCUT2D eigenvalue weighted by atomic mass is 9.90. The summed E-state index contributed by atoms with van der Waals surface area (Å²) in [6.45, 7) is 1.10. The van der Waals surface area contributed by atoms with Gasteiger partial charge in [0.05, 0.1) is 18.3 Å². The van der Waals surface area contributed by atoms with Crippen LogP contribution in [0.1, 0.15) is 18.1 Å². The number of hydrogen-bond donors (Lipinski definition) is 1. The van der Waals surface area contributed by atoms with Crippen molar-refractivity contribution < 1.29 is 23.0 Å². The van der Waals surface area contributed by atoms with Gasteiger partial charge < -0.3 is 9.84 Å². The predicted octanol–water partition coefficient (Wildman–Crippen LogP) is 4.65. The highest BCUT2D eigenvalue weighted by Crippen LogP contribution is 2.40. The number of hydrogen-bond acceptors (Lipinski definition) is 4. The normalized spacial score (nSPS) is 14.0. The first kappa shape index (κ1) is 19.2. The Kier molecular flexibility index (Phi) is 5.12. The number of ether oxygens (including phenoxy) is 1. The molecule has 0 unspecified atom stereocenters. The Labute approximate surface area is 158 Å². The molecular formula is C18H15ClF3N3O2. The van der Waals surface area contributed by atoms with E-state index in [9.17, 15) is 18.3 Å². The second-order valence-corrected chi connectivity index (χ2v) is 6.57. The summed E-state index contributed by atoms with van der Waals surface area (Å²) in [5.74, 6) is 0.333. The van der Waals surface area contributed by atoms with E-state index in [1.54, 1.807) is 24.3 Å². The molecule has 3 aromatic rings. The first-order chi connectivity index (χ1) is 12.6. The van der Waals surface area contributed by atoms with Crippen LogP contribution in [-0.2, 0) is 18.3 Å². The molecule has 27 heavy (non-hydrogen) atoms. The monoisotopic (exact) mass is 397 g/mol. The molecule has 2 aromatic carbocycles. The minimum Gasteiger partial charge on any atom is -0.457 e. The van der Waals surface area contributed by atoms with Crippen LogP contribution in [0.3, 0.4) is 0 Å². The Morgan fingerprint density at radius 1 is 1.07 bits per heavy atom. The first-order valence-corrected chi connectivity index (χ1v) is 8.24. The third kappa shape index (κ3) is 4.58. The predicted molar refractivity (Wildman–Crippen MR) is 92.6 cm³/mol. The van der Waals surface area contributed by atoms with Gasteiger partial charge in [0.2, 0.25) is 0 Å². The Balaban J connectivity index is 1.95. The highest BCUT2D eigenvalue weighted by Gasteiger charge is 2.39. The van der Waals surface area contributed by atoms with Crippen LogP contribution in [0, 0.1) is 0 Å². The van der Waals surface area contributed by atoms with Gasteiger partial charge in [-0.1, -0.05) is 22.9 Å². The van der Waals surface area contributed by atoms with Crippen molar-refractivity contribution in [1.82, 2.24) is 15.0 Å². The molecule has 0 fully saturated rings.